The van der Waals surface area contributed by atoms with Crippen LogP contribution < -0.4 is 0 Å². The number of rotatable bonds is 2. The summed E-state index contributed by atoms with van der Waals surface area (Å²) in [6, 6.07) is 1.44. The van der Waals surface area contributed by atoms with Crippen molar-refractivity contribution in [3.8, 4) is 0 Å². The number of aromatic nitrogens is 1. The van der Waals surface area contributed by atoms with E-state index in [1.807, 2.05) is 0 Å². The Morgan fingerprint density at radius 1 is 1.59 bits per heavy atom. The number of halogens is 2. The summed E-state index contributed by atoms with van der Waals surface area (Å²) in [5.74, 6) is -3.30. The third kappa shape index (κ3) is 2.43. The molecule has 0 saturated carbocycles. The molecule has 5 heteroatoms. The molecule has 3 nitrogen and oxygen atoms in total. The fourth-order valence-corrected chi connectivity index (χ4v) is 2.00. The molecule has 0 N–H and O–H groups in total. The number of alkyl halides is 2. The first-order valence-corrected chi connectivity index (χ1v) is 5.55. The fourth-order valence-electron chi connectivity index (χ4n) is 2.00. The van der Waals surface area contributed by atoms with Crippen molar-refractivity contribution in [3.63, 3.8) is 0 Å². The van der Waals surface area contributed by atoms with E-state index >= 15 is 0 Å². The van der Waals surface area contributed by atoms with Gasteiger partial charge in [-0.05, 0) is 25.0 Å². The number of pyridine rings is 1. The summed E-state index contributed by atoms with van der Waals surface area (Å²) in [6.07, 6.45) is 1.04. The minimum atomic E-state index is -2.75. The van der Waals surface area contributed by atoms with Gasteiger partial charge in [-0.15, -0.1) is 0 Å². The van der Waals surface area contributed by atoms with Crippen molar-refractivity contribution >= 4 is 5.97 Å². The molecule has 0 bridgehead atoms. The largest absolute Gasteiger partial charge is 0.462 e. The SMILES string of the molecule is CCOC(=O)c1ccnc2c1CC(F)(F)CC2. The average molecular weight is 241 g/mol. The summed E-state index contributed by atoms with van der Waals surface area (Å²) in [5, 5.41) is 0. The van der Waals surface area contributed by atoms with Gasteiger partial charge in [0.25, 0.3) is 5.92 Å². The Kier molecular flexibility index (Phi) is 3.09. The molecule has 0 aromatic carbocycles. The molecule has 1 aromatic heterocycles. The number of carbonyl (C=O) groups excluding carboxylic acids is 1. The van der Waals surface area contributed by atoms with E-state index in [0.717, 1.165) is 0 Å². The van der Waals surface area contributed by atoms with E-state index in [-0.39, 0.29) is 25.0 Å². The molecular formula is C12H13F2NO2. The quantitative estimate of drug-likeness (QED) is 0.746. The Morgan fingerprint density at radius 2 is 2.35 bits per heavy atom. The Balaban J connectivity index is 2.39. The van der Waals surface area contributed by atoms with Gasteiger partial charge in [0.2, 0.25) is 0 Å². The summed E-state index contributed by atoms with van der Waals surface area (Å²) < 4.78 is 31.5. The predicted octanol–water partition coefficient (Wildman–Crippen LogP) is 2.38. The molecule has 0 saturated heterocycles. The maximum absolute atomic E-state index is 13.3. The normalized spacial score (nSPS) is 17.4. The highest BCUT2D eigenvalue weighted by atomic mass is 19.3. The van der Waals surface area contributed by atoms with Crippen molar-refractivity contribution in [2.45, 2.75) is 32.1 Å². The number of esters is 1. The number of carbonyl (C=O) groups is 1. The van der Waals surface area contributed by atoms with Crippen molar-refractivity contribution in [2.24, 2.45) is 0 Å². The zero-order valence-corrected chi connectivity index (χ0v) is 9.50. The van der Waals surface area contributed by atoms with E-state index in [2.05, 4.69) is 4.98 Å². The molecule has 1 aliphatic rings. The van der Waals surface area contributed by atoms with Crippen molar-refractivity contribution in [1.29, 1.82) is 0 Å². The zero-order chi connectivity index (χ0) is 12.5. The number of ether oxygens (including phenoxy) is 1. The van der Waals surface area contributed by atoms with Crippen LogP contribution in [0.2, 0.25) is 0 Å². The van der Waals surface area contributed by atoms with Crippen molar-refractivity contribution in [2.75, 3.05) is 6.61 Å². The van der Waals surface area contributed by atoms with Crippen LogP contribution in [0.1, 0.15) is 35.0 Å². The van der Waals surface area contributed by atoms with Crippen LogP contribution in [0.3, 0.4) is 0 Å². The smallest absolute Gasteiger partial charge is 0.338 e. The maximum atomic E-state index is 13.3. The summed E-state index contributed by atoms with van der Waals surface area (Å²) in [7, 11) is 0. The number of hydrogen-bond acceptors (Lipinski definition) is 3. The predicted molar refractivity (Wildman–Crippen MR) is 57.2 cm³/mol. The fraction of sp³-hybridized carbons (Fsp3) is 0.500. The third-order valence-corrected chi connectivity index (χ3v) is 2.80. The van der Waals surface area contributed by atoms with Gasteiger partial charge in [-0.2, -0.15) is 0 Å². The molecular weight excluding hydrogens is 228 g/mol. The lowest BCUT2D eigenvalue weighted by atomic mass is 9.89. The first-order chi connectivity index (χ1) is 8.03. The average Bonchev–Trinajstić information content (AvgIpc) is 2.27. The summed E-state index contributed by atoms with van der Waals surface area (Å²) in [4.78, 5) is 15.7. The lowest BCUT2D eigenvalue weighted by molar-refractivity contribution is -0.0131. The van der Waals surface area contributed by atoms with Crippen LogP contribution in [-0.2, 0) is 17.6 Å². The molecule has 0 unspecified atom stereocenters. The first kappa shape index (κ1) is 12.0. The lowest BCUT2D eigenvalue weighted by Gasteiger charge is -2.24. The van der Waals surface area contributed by atoms with E-state index in [9.17, 15) is 13.6 Å². The van der Waals surface area contributed by atoms with Gasteiger partial charge < -0.3 is 4.74 Å². The first-order valence-electron chi connectivity index (χ1n) is 5.55. The Hall–Kier alpha value is -1.52. The van der Waals surface area contributed by atoms with Crippen LogP contribution in [-0.4, -0.2) is 23.5 Å². The molecule has 92 valence electrons. The van der Waals surface area contributed by atoms with Gasteiger partial charge in [-0.25, -0.2) is 13.6 Å². The molecule has 0 fully saturated rings. The van der Waals surface area contributed by atoms with Crippen molar-refractivity contribution < 1.29 is 18.3 Å². The van der Waals surface area contributed by atoms with Gasteiger partial charge in [0.05, 0.1) is 12.2 Å². The standard InChI is InChI=1S/C12H13F2NO2/c1-2-17-11(16)8-4-6-15-10-3-5-12(13,14)7-9(8)10/h4,6H,2-3,5,7H2,1H3. The van der Waals surface area contributed by atoms with Gasteiger partial charge in [-0.1, -0.05) is 0 Å². The van der Waals surface area contributed by atoms with Crippen LogP contribution in [0.5, 0.6) is 0 Å². The summed E-state index contributed by atoms with van der Waals surface area (Å²) >= 11 is 0. The van der Waals surface area contributed by atoms with Crippen molar-refractivity contribution in [3.05, 3.63) is 29.1 Å². The highest BCUT2D eigenvalue weighted by Crippen LogP contribution is 2.33. The molecule has 1 aliphatic carbocycles. The molecule has 0 radical (unpaired) electrons. The van der Waals surface area contributed by atoms with Gasteiger partial charge in [0.15, 0.2) is 0 Å². The minimum absolute atomic E-state index is 0.204. The highest BCUT2D eigenvalue weighted by molar-refractivity contribution is 5.91. The van der Waals surface area contributed by atoms with Gasteiger partial charge in [0.1, 0.15) is 0 Å². The molecule has 0 spiro atoms. The van der Waals surface area contributed by atoms with Gasteiger partial charge in [0, 0.05) is 24.7 Å². The Morgan fingerprint density at radius 3 is 3.06 bits per heavy atom. The monoisotopic (exact) mass is 241 g/mol. The lowest BCUT2D eigenvalue weighted by Crippen LogP contribution is -2.28. The molecule has 1 aromatic rings. The molecule has 17 heavy (non-hydrogen) atoms. The van der Waals surface area contributed by atoms with E-state index in [4.69, 9.17) is 4.74 Å². The molecule has 0 atom stereocenters. The van der Waals surface area contributed by atoms with Crippen LogP contribution in [0.4, 0.5) is 8.78 Å². The third-order valence-electron chi connectivity index (χ3n) is 2.80. The molecule has 0 aliphatic heterocycles. The van der Waals surface area contributed by atoms with Crippen LogP contribution in [0.25, 0.3) is 0 Å². The van der Waals surface area contributed by atoms with Crippen molar-refractivity contribution in [1.82, 2.24) is 4.98 Å². The van der Waals surface area contributed by atoms with Crippen LogP contribution in [0.15, 0.2) is 12.3 Å². The van der Waals surface area contributed by atoms with E-state index in [1.165, 1.54) is 12.3 Å². The maximum Gasteiger partial charge on any atom is 0.338 e. The molecule has 0 amide bonds. The summed E-state index contributed by atoms with van der Waals surface area (Å²) in [6.45, 7) is 1.91. The number of hydrogen-bond donors (Lipinski definition) is 0. The van der Waals surface area contributed by atoms with Gasteiger partial charge in [-0.3, -0.25) is 4.98 Å². The Bertz CT molecular complexity index is 446. The van der Waals surface area contributed by atoms with E-state index < -0.39 is 18.3 Å². The second kappa shape index (κ2) is 4.39. The van der Waals surface area contributed by atoms with E-state index in [1.54, 1.807) is 6.92 Å². The van der Waals surface area contributed by atoms with Gasteiger partial charge >= 0.3 is 5.97 Å². The zero-order valence-electron chi connectivity index (χ0n) is 9.50. The second-order valence-electron chi connectivity index (χ2n) is 4.04. The van der Waals surface area contributed by atoms with E-state index in [0.29, 0.717) is 11.3 Å². The minimum Gasteiger partial charge on any atom is -0.462 e. The number of fused-ring (bicyclic) bond motifs is 1. The second-order valence-corrected chi connectivity index (χ2v) is 4.04. The number of aryl methyl sites for hydroxylation is 1. The Labute approximate surface area is 97.8 Å². The molecule has 2 rings (SSSR count). The summed E-state index contributed by atoms with van der Waals surface area (Å²) in [5.41, 5.74) is 1.14. The number of nitrogens with zero attached hydrogens (tertiary/aromatic N) is 1. The van der Waals surface area contributed by atoms with Crippen LogP contribution in [0, 0.1) is 0 Å². The topological polar surface area (TPSA) is 39.2 Å². The van der Waals surface area contributed by atoms with Crippen LogP contribution >= 0.6 is 0 Å². The molecule has 1 heterocycles. The highest BCUT2D eigenvalue weighted by Gasteiger charge is 2.36.